The second kappa shape index (κ2) is 7.79. The van der Waals surface area contributed by atoms with Crippen molar-refractivity contribution in [2.75, 3.05) is 18.4 Å². The number of hydroxylamine groups is 1. The molecule has 6 nitrogen and oxygen atoms in total. The third-order valence-corrected chi connectivity index (χ3v) is 5.09. The van der Waals surface area contributed by atoms with Gasteiger partial charge in [0.05, 0.1) is 5.69 Å². The van der Waals surface area contributed by atoms with Gasteiger partial charge in [0.1, 0.15) is 11.5 Å². The standard InChI is InChI=1S/C20H19ClFN3O3/c21-14-7-5-13(6-8-14)17-18(20(28-25-17)9-11-23-12-10-20)27-19(26)24-16-4-2-1-3-15(16)22/h1-8,23,25H,9-12H2,(H,24,26). The SMILES string of the molecule is O=C(Nc1ccccc1F)OC1=C(c2ccc(Cl)cc2)NOC12CCNCC2. The molecule has 0 bridgehead atoms. The Balaban J connectivity index is 1.65. The second-order valence-corrected chi connectivity index (χ2v) is 7.09. The summed E-state index contributed by atoms with van der Waals surface area (Å²) in [6.45, 7) is 1.44. The molecule has 0 aromatic heterocycles. The molecule has 2 aromatic rings. The molecule has 1 saturated heterocycles. The smallest absolute Gasteiger partial charge is 0.409 e. The second-order valence-electron chi connectivity index (χ2n) is 6.65. The number of para-hydroxylation sites is 1. The molecule has 2 heterocycles. The van der Waals surface area contributed by atoms with Crippen LogP contribution in [0.2, 0.25) is 5.02 Å². The monoisotopic (exact) mass is 403 g/mol. The van der Waals surface area contributed by atoms with Crippen LogP contribution in [0, 0.1) is 5.82 Å². The van der Waals surface area contributed by atoms with E-state index in [0.717, 1.165) is 18.7 Å². The van der Waals surface area contributed by atoms with E-state index in [-0.39, 0.29) is 5.69 Å². The first kappa shape index (κ1) is 18.7. The molecule has 0 aliphatic carbocycles. The highest BCUT2D eigenvalue weighted by Crippen LogP contribution is 2.40. The summed E-state index contributed by atoms with van der Waals surface area (Å²) in [5.74, 6) is -0.158. The molecule has 2 aliphatic rings. The van der Waals surface area contributed by atoms with Gasteiger partial charge in [0.15, 0.2) is 11.4 Å². The average molecular weight is 404 g/mol. The number of piperidine rings is 1. The summed E-state index contributed by atoms with van der Waals surface area (Å²) < 4.78 is 19.5. The Kier molecular flexibility index (Phi) is 5.21. The van der Waals surface area contributed by atoms with E-state index in [1.54, 1.807) is 24.3 Å². The predicted molar refractivity (Wildman–Crippen MR) is 104 cm³/mol. The number of amides is 1. The van der Waals surface area contributed by atoms with Crippen LogP contribution in [0.25, 0.3) is 5.70 Å². The number of anilines is 1. The molecule has 0 unspecified atom stereocenters. The maximum Gasteiger partial charge on any atom is 0.417 e. The van der Waals surface area contributed by atoms with Crippen LogP contribution in [0.3, 0.4) is 0 Å². The summed E-state index contributed by atoms with van der Waals surface area (Å²) in [5, 5.41) is 6.31. The van der Waals surface area contributed by atoms with Gasteiger partial charge in [-0.15, -0.1) is 0 Å². The van der Waals surface area contributed by atoms with E-state index in [1.807, 2.05) is 12.1 Å². The highest BCUT2D eigenvalue weighted by atomic mass is 35.5. The average Bonchev–Trinajstić information content (AvgIpc) is 3.02. The lowest BCUT2D eigenvalue weighted by atomic mass is 9.89. The molecule has 1 spiro atoms. The maximum absolute atomic E-state index is 13.9. The minimum atomic E-state index is -0.781. The number of hydrogen-bond acceptors (Lipinski definition) is 5. The van der Waals surface area contributed by atoms with Crippen molar-refractivity contribution < 1.29 is 18.8 Å². The van der Waals surface area contributed by atoms with E-state index in [4.69, 9.17) is 21.2 Å². The van der Waals surface area contributed by atoms with Gasteiger partial charge < -0.3 is 10.1 Å². The fourth-order valence-electron chi connectivity index (χ4n) is 3.37. The fourth-order valence-corrected chi connectivity index (χ4v) is 3.50. The number of carbonyl (C=O) groups is 1. The molecule has 146 valence electrons. The minimum Gasteiger partial charge on any atom is -0.409 e. The molecule has 3 N–H and O–H groups in total. The van der Waals surface area contributed by atoms with Gasteiger partial charge in [-0.25, -0.2) is 9.18 Å². The van der Waals surface area contributed by atoms with Crippen molar-refractivity contribution in [3.63, 3.8) is 0 Å². The number of ether oxygens (including phenoxy) is 1. The van der Waals surface area contributed by atoms with Gasteiger partial charge in [-0.05, 0) is 50.2 Å². The normalized spacial score (nSPS) is 18.1. The van der Waals surface area contributed by atoms with Crippen LogP contribution in [0.1, 0.15) is 18.4 Å². The Morgan fingerprint density at radius 3 is 2.57 bits per heavy atom. The lowest BCUT2D eigenvalue weighted by molar-refractivity contribution is -0.0750. The first-order chi connectivity index (χ1) is 13.6. The van der Waals surface area contributed by atoms with E-state index in [1.165, 1.54) is 12.1 Å². The Labute approximate surface area is 166 Å². The largest absolute Gasteiger partial charge is 0.417 e. The quantitative estimate of drug-likeness (QED) is 0.721. The summed E-state index contributed by atoms with van der Waals surface area (Å²) in [6.07, 6.45) is 0.468. The Morgan fingerprint density at radius 1 is 1.14 bits per heavy atom. The highest BCUT2D eigenvalue weighted by Gasteiger charge is 2.47. The fraction of sp³-hybridized carbons (Fsp3) is 0.250. The Bertz CT molecular complexity index is 911. The van der Waals surface area contributed by atoms with Gasteiger partial charge in [0.2, 0.25) is 0 Å². The number of rotatable bonds is 3. The van der Waals surface area contributed by atoms with Crippen LogP contribution in [-0.4, -0.2) is 24.8 Å². The molecule has 2 aromatic carbocycles. The lowest BCUT2D eigenvalue weighted by Crippen LogP contribution is -2.45. The van der Waals surface area contributed by atoms with Crippen molar-refractivity contribution in [3.05, 3.63) is 70.7 Å². The van der Waals surface area contributed by atoms with Crippen molar-refractivity contribution in [1.29, 1.82) is 0 Å². The topological polar surface area (TPSA) is 71.6 Å². The van der Waals surface area contributed by atoms with Gasteiger partial charge >= 0.3 is 6.09 Å². The maximum atomic E-state index is 13.9. The summed E-state index contributed by atoms with van der Waals surface area (Å²) in [4.78, 5) is 18.4. The van der Waals surface area contributed by atoms with Crippen LogP contribution in [0.5, 0.6) is 0 Å². The summed E-state index contributed by atoms with van der Waals surface area (Å²) in [5.41, 5.74) is 3.52. The number of hydrogen-bond donors (Lipinski definition) is 3. The van der Waals surface area contributed by atoms with Crippen LogP contribution in [0.4, 0.5) is 14.9 Å². The van der Waals surface area contributed by atoms with E-state index < -0.39 is 17.5 Å². The molecule has 4 rings (SSSR count). The van der Waals surface area contributed by atoms with Gasteiger partial charge in [-0.2, -0.15) is 0 Å². The summed E-state index contributed by atoms with van der Waals surface area (Å²) in [6, 6.07) is 13.0. The zero-order chi connectivity index (χ0) is 19.6. The van der Waals surface area contributed by atoms with Crippen molar-refractivity contribution in [3.8, 4) is 0 Å². The summed E-state index contributed by atoms with van der Waals surface area (Å²) >= 11 is 5.98. The van der Waals surface area contributed by atoms with Crippen molar-refractivity contribution in [2.45, 2.75) is 18.4 Å². The lowest BCUT2D eigenvalue weighted by Gasteiger charge is -2.32. The number of nitrogens with one attached hydrogen (secondary N) is 3. The molecule has 28 heavy (non-hydrogen) atoms. The van der Waals surface area contributed by atoms with Crippen LogP contribution >= 0.6 is 11.6 Å². The number of benzene rings is 2. The van der Waals surface area contributed by atoms with Crippen molar-refractivity contribution in [2.24, 2.45) is 0 Å². The van der Waals surface area contributed by atoms with Crippen molar-refractivity contribution >= 4 is 29.1 Å². The van der Waals surface area contributed by atoms with Gasteiger partial charge in [0.25, 0.3) is 0 Å². The van der Waals surface area contributed by atoms with Crippen LogP contribution < -0.4 is 16.1 Å². The number of halogens is 2. The van der Waals surface area contributed by atoms with Gasteiger partial charge in [-0.3, -0.25) is 15.6 Å². The van der Waals surface area contributed by atoms with E-state index >= 15 is 0 Å². The zero-order valence-corrected chi connectivity index (χ0v) is 15.7. The predicted octanol–water partition coefficient (Wildman–Crippen LogP) is 4.05. The molecule has 0 saturated carbocycles. The Morgan fingerprint density at radius 2 is 1.86 bits per heavy atom. The third-order valence-electron chi connectivity index (χ3n) is 4.84. The first-order valence-electron chi connectivity index (χ1n) is 8.96. The zero-order valence-electron chi connectivity index (χ0n) is 14.9. The molecular weight excluding hydrogens is 385 g/mol. The van der Waals surface area contributed by atoms with E-state index in [9.17, 15) is 9.18 Å². The van der Waals surface area contributed by atoms with E-state index in [0.29, 0.717) is 29.3 Å². The van der Waals surface area contributed by atoms with Gasteiger partial charge in [0, 0.05) is 10.6 Å². The summed E-state index contributed by atoms with van der Waals surface area (Å²) in [7, 11) is 0. The molecule has 1 fully saturated rings. The van der Waals surface area contributed by atoms with Crippen molar-refractivity contribution in [1.82, 2.24) is 10.8 Å². The molecule has 0 atom stereocenters. The Hall–Kier alpha value is -2.61. The van der Waals surface area contributed by atoms with Crippen LogP contribution in [0.15, 0.2) is 54.3 Å². The highest BCUT2D eigenvalue weighted by molar-refractivity contribution is 6.30. The minimum absolute atomic E-state index is 0.0485. The first-order valence-corrected chi connectivity index (χ1v) is 9.34. The van der Waals surface area contributed by atoms with E-state index in [2.05, 4.69) is 16.1 Å². The third kappa shape index (κ3) is 3.69. The molecule has 0 radical (unpaired) electrons. The molecular formula is C20H19ClFN3O3. The molecule has 2 aliphatic heterocycles. The number of carbonyl (C=O) groups excluding carboxylic acids is 1. The van der Waals surface area contributed by atoms with Gasteiger partial charge in [-0.1, -0.05) is 35.9 Å². The molecule has 1 amide bonds. The van der Waals surface area contributed by atoms with Crippen LogP contribution in [-0.2, 0) is 9.57 Å². The molecule has 8 heteroatoms.